The van der Waals surface area contributed by atoms with E-state index in [0.29, 0.717) is 16.5 Å². The number of aromatic nitrogens is 3. The molecule has 0 radical (unpaired) electrons. The molecule has 4 rings (SSSR count). The number of furan rings is 1. The highest BCUT2D eigenvalue weighted by atomic mass is 16.3. The predicted octanol–water partition coefficient (Wildman–Crippen LogP) is 2.50. The maximum atomic E-state index is 13.0. The summed E-state index contributed by atoms with van der Waals surface area (Å²) in [5.74, 6) is 0.631. The molecule has 0 atom stereocenters. The van der Waals surface area contributed by atoms with Crippen LogP contribution < -0.4 is 10.9 Å². The van der Waals surface area contributed by atoms with E-state index in [4.69, 9.17) is 4.42 Å². The lowest BCUT2D eigenvalue weighted by Crippen LogP contribution is -2.42. The summed E-state index contributed by atoms with van der Waals surface area (Å²) < 4.78 is 8.98. The maximum absolute atomic E-state index is 13.0. The number of rotatable bonds is 4. The molecule has 1 fully saturated rings. The van der Waals surface area contributed by atoms with Gasteiger partial charge in [0.1, 0.15) is 17.8 Å². The normalized spacial score (nSPS) is 15.2. The molecule has 1 aliphatic rings. The zero-order valence-electron chi connectivity index (χ0n) is 14.7. The van der Waals surface area contributed by atoms with Crippen molar-refractivity contribution in [2.75, 3.05) is 0 Å². The second-order valence-corrected chi connectivity index (χ2v) is 7.10. The molecule has 3 aromatic heterocycles. The Morgan fingerprint density at radius 2 is 2.20 bits per heavy atom. The van der Waals surface area contributed by atoms with E-state index in [1.54, 1.807) is 6.20 Å². The van der Waals surface area contributed by atoms with Gasteiger partial charge < -0.3 is 14.3 Å². The summed E-state index contributed by atoms with van der Waals surface area (Å²) in [7, 11) is 0. The molecule has 0 unspecified atom stereocenters. The van der Waals surface area contributed by atoms with E-state index in [-0.39, 0.29) is 30.1 Å². The van der Waals surface area contributed by atoms with Crippen molar-refractivity contribution in [1.82, 2.24) is 19.7 Å². The molecule has 7 heteroatoms. The standard InChI is InChI=1S/C18H22N4O3/c1-10(2)22-14-7-11(3)25-17(14)13-8-19-21(18(24)16(13)22)9-15(23)20-12-5-4-6-12/h7-8,10,12H,4-6,9H2,1-3H3,(H,20,23). The van der Waals surface area contributed by atoms with Gasteiger partial charge in [0.25, 0.3) is 5.56 Å². The van der Waals surface area contributed by atoms with Gasteiger partial charge in [-0.15, -0.1) is 0 Å². The van der Waals surface area contributed by atoms with Crippen molar-refractivity contribution in [3.8, 4) is 0 Å². The Hall–Kier alpha value is -2.57. The topological polar surface area (TPSA) is 82.1 Å². The highest BCUT2D eigenvalue weighted by Gasteiger charge is 2.23. The third-order valence-corrected chi connectivity index (χ3v) is 4.88. The Morgan fingerprint density at radius 3 is 2.84 bits per heavy atom. The molecule has 25 heavy (non-hydrogen) atoms. The van der Waals surface area contributed by atoms with Crippen LogP contribution in [0.4, 0.5) is 0 Å². The van der Waals surface area contributed by atoms with Crippen LogP contribution in [0.15, 0.2) is 21.5 Å². The molecular formula is C18H22N4O3. The maximum Gasteiger partial charge on any atom is 0.291 e. The van der Waals surface area contributed by atoms with Crippen molar-refractivity contribution in [2.45, 2.75) is 58.7 Å². The van der Waals surface area contributed by atoms with Crippen LogP contribution in [-0.4, -0.2) is 26.3 Å². The van der Waals surface area contributed by atoms with Gasteiger partial charge >= 0.3 is 0 Å². The smallest absolute Gasteiger partial charge is 0.291 e. The first-order chi connectivity index (χ1) is 12.0. The van der Waals surface area contributed by atoms with Crippen LogP contribution in [0.2, 0.25) is 0 Å². The zero-order valence-corrected chi connectivity index (χ0v) is 14.7. The van der Waals surface area contributed by atoms with Crippen LogP contribution in [0, 0.1) is 6.92 Å². The van der Waals surface area contributed by atoms with E-state index in [0.717, 1.165) is 30.5 Å². The van der Waals surface area contributed by atoms with Gasteiger partial charge in [-0.25, -0.2) is 4.68 Å². The Balaban J connectivity index is 1.80. The lowest BCUT2D eigenvalue weighted by molar-refractivity contribution is -0.123. The minimum Gasteiger partial charge on any atom is -0.459 e. The van der Waals surface area contributed by atoms with Crippen molar-refractivity contribution in [3.05, 3.63) is 28.4 Å². The summed E-state index contributed by atoms with van der Waals surface area (Å²) in [4.78, 5) is 25.1. The van der Waals surface area contributed by atoms with E-state index in [1.165, 1.54) is 4.68 Å². The molecule has 7 nitrogen and oxygen atoms in total. The van der Waals surface area contributed by atoms with Gasteiger partial charge in [-0.2, -0.15) is 5.10 Å². The Kier molecular flexibility index (Phi) is 3.67. The van der Waals surface area contributed by atoms with Gasteiger partial charge in [0, 0.05) is 18.2 Å². The van der Waals surface area contributed by atoms with Crippen LogP contribution in [0.5, 0.6) is 0 Å². The molecule has 0 bridgehead atoms. The lowest BCUT2D eigenvalue weighted by atomic mass is 9.93. The van der Waals surface area contributed by atoms with Gasteiger partial charge in [-0.1, -0.05) is 0 Å². The third-order valence-electron chi connectivity index (χ3n) is 4.88. The lowest BCUT2D eigenvalue weighted by Gasteiger charge is -2.26. The molecule has 0 saturated heterocycles. The average molecular weight is 342 g/mol. The predicted molar refractivity (Wildman–Crippen MR) is 94.7 cm³/mol. The van der Waals surface area contributed by atoms with E-state index in [1.807, 2.05) is 31.4 Å². The van der Waals surface area contributed by atoms with Crippen molar-refractivity contribution in [2.24, 2.45) is 0 Å². The number of carbonyl (C=O) groups excluding carboxylic acids is 1. The molecule has 1 aliphatic carbocycles. The van der Waals surface area contributed by atoms with Gasteiger partial charge in [0.05, 0.1) is 17.1 Å². The minimum absolute atomic E-state index is 0.0606. The molecule has 0 spiro atoms. The number of nitrogens with one attached hydrogen (secondary N) is 1. The van der Waals surface area contributed by atoms with Gasteiger partial charge in [0.2, 0.25) is 5.91 Å². The number of hydrogen-bond donors (Lipinski definition) is 1. The van der Waals surface area contributed by atoms with Gasteiger partial charge in [-0.3, -0.25) is 9.59 Å². The second-order valence-electron chi connectivity index (χ2n) is 7.10. The van der Waals surface area contributed by atoms with Gasteiger partial charge in [0.15, 0.2) is 5.58 Å². The summed E-state index contributed by atoms with van der Waals surface area (Å²) in [5.41, 5.74) is 1.84. The first kappa shape index (κ1) is 15.9. The molecule has 1 saturated carbocycles. The fourth-order valence-corrected chi connectivity index (χ4v) is 3.48. The summed E-state index contributed by atoms with van der Waals surface area (Å²) >= 11 is 0. The molecule has 1 N–H and O–H groups in total. The number of amides is 1. The van der Waals surface area contributed by atoms with Crippen molar-refractivity contribution < 1.29 is 9.21 Å². The molecule has 3 aromatic rings. The van der Waals surface area contributed by atoms with Crippen LogP contribution in [0.1, 0.15) is 44.9 Å². The second kappa shape index (κ2) is 5.75. The highest BCUT2D eigenvalue weighted by Crippen LogP contribution is 2.31. The average Bonchev–Trinajstić information content (AvgIpc) is 3.01. The first-order valence-electron chi connectivity index (χ1n) is 8.75. The molecule has 3 heterocycles. The van der Waals surface area contributed by atoms with Crippen molar-refractivity contribution >= 4 is 27.9 Å². The van der Waals surface area contributed by atoms with Gasteiger partial charge in [-0.05, 0) is 40.0 Å². The number of nitrogens with zero attached hydrogens (tertiary/aromatic N) is 3. The summed E-state index contributed by atoms with van der Waals surface area (Å²) in [6.45, 7) is 5.87. The van der Waals surface area contributed by atoms with E-state index < -0.39 is 0 Å². The fraction of sp³-hybridized carbons (Fsp3) is 0.500. The zero-order chi connectivity index (χ0) is 17.7. The molecule has 132 valence electrons. The summed E-state index contributed by atoms with van der Waals surface area (Å²) in [6, 6.07) is 2.27. The Labute approximate surface area is 144 Å². The highest BCUT2D eigenvalue weighted by molar-refractivity contribution is 6.04. The first-order valence-corrected chi connectivity index (χ1v) is 8.75. The largest absolute Gasteiger partial charge is 0.459 e. The number of carbonyl (C=O) groups is 1. The SMILES string of the molecule is Cc1cc2c(o1)c1cnn(CC(=O)NC3CCC3)c(=O)c1n2C(C)C. The van der Waals surface area contributed by atoms with E-state index >= 15 is 0 Å². The molecular weight excluding hydrogens is 320 g/mol. The fourth-order valence-electron chi connectivity index (χ4n) is 3.48. The summed E-state index contributed by atoms with van der Waals surface area (Å²) in [6.07, 6.45) is 4.80. The monoisotopic (exact) mass is 342 g/mol. The molecule has 0 aliphatic heterocycles. The van der Waals surface area contributed by atoms with Crippen molar-refractivity contribution in [3.63, 3.8) is 0 Å². The number of hydrogen-bond acceptors (Lipinski definition) is 4. The minimum atomic E-state index is -0.265. The Morgan fingerprint density at radius 1 is 1.44 bits per heavy atom. The van der Waals surface area contributed by atoms with Crippen LogP contribution in [-0.2, 0) is 11.3 Å². The van der Waals surface area contributed by atoms with Crippen LogP contribution >= 0.6 is 0 Å². The molecule has 0 aromatic carbocycles. The van der Waals surface area contributed by atoms with Crippen molar-refractivity contribution in [1.29, 1.82) is 0 Å². The number of aryl methyl sites for hydroxylation is 1. The third kappa shape index (κ3) is 2.54. The summed E-state index contributed by atoms with van der Waals surface area (Å²) in [5, 5.41) is 7.83. The van der Waals surface area contributed by atoms with Crippen LogP contribution in [0.25, 0.3) is 22.0 Å². The molecule has 1 amide bonds. The Bertz CT molecular complexity index is 1020. The van der Waals surface area contributed by atoms with E-state index in [2.05, 4.69) is 10.4 Å². The van der Waals surface area contributed by atoms with E-state index in [9.17, 15) is 9.59 Å². The van der Waals surface area contributed by atoms with Crippen LogP contribution in [0.3, 0.4) is 0 Å². The number of fused-ring (bicyclic) bond motifs is 3. The quantitative estimate of drug-likeness (QED) is 0.790.